The Hall–Kier alpha value is -0.860. The molecule has 2 unspecified atom stereocenters. The molecule has 0 aliphatic rings. The number of hydrogen-bond donors (Lipinski definition) is 1. The van der Waals surface area contributed by atoms with Gasteiger partial charge in [0.1, 0.15) is 5.60 Å². The van der Waals surface area contributed by atoms with Crippen LogP contribution in [0.25, 0.3) is 0 Å². The first-order valence-electron chi connectivity index (χ1n) is 4.93. The Kier molecular flexibility index (Phi) is 3.67. The summed E-state index contributed by atoms with van der Waals surface area (Å²) in [6, 6.07) is 10.6. The van der Waals surface area contributed by atoms with Crippen LogP contribution in [0, 0.1) is 0 Å². The third-order valence-corrected chi connectivity index (χ3v) is 3.03. The first-order chi connectivity index (χ1) is 6.65. The van der Waals surface area contributed by atoms with E-state index in [0.29, 0.717) is 0 Å². The van der Waals surface area contributed by atoms with Crippen molar-refractivity contribution in [3.05, 3.63) is 35.9 Å². The lowest BCUT2D eigenvalue weighted by Crippen LogP contribution is -2.44. The Bertz CT molecular complexity index is 273. The molecule has 0 heterocycles. The summed E-state index contributed by atoms with van der Waals surface area (Å²) in [5.74, 6) is 0. The third kappa shape index (κ3) is 1.97. The minimum Gasteiger partial charge on any atom is -0.372 e. The highest BCUT2D eigenvalue weighted by Crippen LogP contribution is 2.27. The summed E-state index contributed by atoms with van der Waals surface area (Å²) in [5.41, 5.74) is 0.931. The van der Waals surface area contributed by atoms with Crippen LogP contribution in [0.3, 0.4) is 0 Å². The Morgan fingerprint density at radius 2 is 1.86 bits per heavy atom. The fourth-order valence-corrected chi connectivity index (χ4v) is 1.59. The second-order valence-electron chi connectivity index (χ2n) is 3.69. The van der Waals surface area contributed by atoms with Crippen LogP contribution in [0.4, 0.5) is 0 Å². The molecule has 0 saturated carbocycles. The number of benzene rings is 1. The van der Waals surface area contributed by atoms with Crippen molar-refractivity contribution >= 4 is 0 Å². The maximum Gasteiger partial charge on any atom is 0.105 e. The molecule has 1 aromatic rings. The Labute approximate surface area is 86.3 Å². The summed E-state index contributed by atoms with van der Waals surface area (Å²) >= 11 is 0. The normalized spacial score (nSPS) is 17.4. The van der Waals surface area contributed by atoms with Gasteiger partial charge in [-0.25, -0.2) is 0 Å². The molecule has 0 bridgehead atoms. The maximum absolute atomic E-state index is 5.61. The molecular weight excluding hydrogens is 174 g/mol. The SMILES string of the molecule is CNC(C)C(C)(OC)c1ccccc1. The van der Waals surface area contributed by atoms with Crippen molar-refractivity contribution in [2.45, 2.75) is 25.5 Å². The van der Waals surface area contributed by atoms with Crippen LogP contribution in [0.15, 0.2) is 30.3 Å². The van der Waals surface area contributed by atoms with Crippen molar-refractivity contribution in [1.82, 2.24) is 5.32 Å². The van der Waals surface area contributed by atoms with E-state index in [1.54, 1.807) is 7.11 Å². The molecule has 78 valence electrons. The van der Waals surface area contributed by atoms with Gasteiger partial charge in [-0.1, -0.05) is 30.3 Å². The predicted molar refractivity (Wildman–Crippen MR) is 59.3 cm³/mol. The van der Waals surface area contributed by atoms with Crippen LogP contribution in [0.5, 0.6) is 0 Å². The van der Waals surface area contributed by atoms with Crippen molar-refractivity contribution in [2.75, 3.05) is 14.2 Å². The van der Waals surface area contributed by atoms with Crippen molar-refractivity contribution in [3.63, 3.8) is 0 Å². The molecule has 0 spiro atoms. The zero-order chi connectivity index (χ0) is 10.6. The van der Waals surface area contributed by atoms with Crippen molar-refractivity contribution < 1.29 is 4.74 Å². The first kappa shape index (κ1) is 11.2. The second kappa shape index (κ2) is 4.58. The number of likely N-dealkylation sites (N-methyl/N-ethyl adjacent to an activating group) is 1. The van der Waals surface area contributed by atoms with Crippen molar-refractivity contribution in [1.29, 1.82) is 0 Å². The van der Waals surface area contributed by atoms with Crippen LogP contribution >= 0.6 is 0 Å². The highest BCUT2D eigenvalue weighted by atomic mass is 16.5. The second-order valence-corrected chi connectivity index (χ2v) is 3.69. The Morgan fingerprint density at radius 3 is 2.29 bits per heavy atom. The summed E-state index contributed by atoms with van der Waals surface area (Å²) < 4.78 is 5.61. The summed E-state index contributed by atoms with van der Waals surface area (Å²) in [6.45, 7) is 4.22. The van der Waals surface area contributed by atoms with Gasteiger partial charge < -0.3 is 10.1 Å². The zero-order valence-electron chi connectivity index (χ0n) is 9.37. The number of rotatable bonds is 4. The molecule has 1 N–H and O–H groups in total. The Morgan fingerprint density at radius 1 is 1.29 bits per heavy atom. The fraction of sp³-hybridized carbons (Fsp3) is 0.500. The van der Waals surface area contributed by atoms with Crippen molar-refractivity contribution in [2.24, 2.45) is 0 Å². The quantitative estimate of drug-likeness (QED) is 0.791. The van der Waals surface area contributed by atoms with Gasteiger partial charge in [0.15, 0.2) is 0 Å². The van der Waals surface area contributed by atoms with Crippen LogP contribution in [-0.4, -0.2) is 20.2 Å². The number of nitrogens with one attached hydrogen (secondary N) is 1. The van der Waals surface area contributed by atoms with Gasteiger partial charge in [0.05, 0.1) is 0 Å². The third-order valence-electron chi connectivity index (χ3n) is 3.03. The van der Waals surface area contributed by atoms with Gasteiger partial charge in [0.2, 0.25) is 0 Å². The monoisotopic (exact) mass is 193 g/mol. The Balaban J connectivity index is 3.01. The lowest BCUT2D eigenvalue weighted by Gasteiger charge is -2.34. The number of hydrogen-bond acceptors (Lipinski definition) is 2. The fourth-order valence-electron chi connectivity index (χ4n) is 1.59. The van der Waals surface area contributed by atoms with E-state index in [4.69, 9.17) is 4.74 Å². The van der Waals surface area contributed by atoms with E-state index in [2.05, 4.69) is 31.3 Å². The largest absolute Gasteiger partial charge is 0.372 e. The average molecular weight is 193 g/mol. The summed E-state index contributed by atoms with van der Waals surface area (Å²) in [4.78, 5) is 0. The van der Waals surface area contributed by atoms with E-state index >= 15 is 0 Å². The molecule has 1 rings (SSSR count). The smallest absolute Gasteiger partial charge is 0.105 e. The molecule has 0 saturated heterocycles. The van der Waals surface area contributed by atoms with E-state index in [-0.39, 0.29) is 11.6 Å². The molecule has 0 radical (unpaired) electrons. The van der Waals surface area contributed by atoms with E-state index in [9.17, 15) is 0 Å². The van der Waals surface area contributed by atoms with Crippen LogP contribution in [0.1, 0.15) is 19.4 Å². The van der Waals surface area contributed by atoms with Gasteiger partial charge in [0, 0.05) is 13.2 Å². The van der Waals surface area contributed by atoms with Gasteiger partial charge >= 0.3 is 0 Å². The van der Waals surface area contributed by atoms with E-state index in [1.807, 2.05) is 25.2 Å². The molecule has 0 amide bonds. The van der Waals surface area contributed by atoms with E-state index in [0.717, 1.165) is 0 Å². The summed E-state index contributed by atoms with van der Waals surface area (Å²) in [5, 5.41) is 3.23. The number of methoxy groups -OCH3 is 1. The minimum atomic E-state index is -0.268. The highest BCUT2D eigenvalue weighted by Gasteiger charge is 2.31. The molecular formula is C12H19NO. The summed E-state index contributed by atoms with van der Waals surface area (Å²) in [7, 11) is 3.70. The van der Waals surface area contributed by atoms with Gasteiger partial charge in [-0.2, -0.15) is 0 Å². The highest BCUT2D eigenvalue weighted by molar-refractivity contribution is 5.23. The molecule has 0 aliphatic heterocycles. The molecule has 14 heavy (non-hydrogen) atoms. The molecule has 0 fully saturated rings. The van der Waals surface area contributed by atoms with Gasteiger partial charge in [0.25, 0.3) is 0 Å². The molecule has 2 nitrogen and oxygen atoms in total. The van der Waals surface area contributed by atoms with Gasteiger partial charge in [-0.3, -0.25) is 0 Å². The van der Waals surface area contributed by atoms with E-state index in [1.165, 1.54) is 5.56 Å². The molecule has 0 aliphatic carbocycles. The lowest BCUT2D eigenvalue weighted by molar-refractivity contribution is -0.0239. The van der Waals surface area contributed by atoms with Crippen molar-refractivity contribution in [3.8, 4) is 0 Å². The van der Waals surface area contributed by atoms with Crippen LogP contribution < -0.4 is 5.32 Å². The number of ether oxygens (including phenoxy) is 1. The standard InChI is InChI=1S/C12H19NO/c1-10(13-3)12(2,14-4)11-8-6-5-7-9-11/h5-10,13H,1-4H3. The molecule has 0 aromatic heterocycles. The summed E-state index contributed by atoms with van der Waals surface area (Å²) in [6.07, 6.45) is 0. The lowest BCUT2D eigenvalue weighted by atomic mass is 9.89. The van der Waals surface area contributed by atoms with Gasteiger partial charge in [-0.15, -0.1) is 0 Å². The zero-order valence-corrected chi connectivity index (χ0v) is 9.37. The topological polar surface area (TPSA) is 21.3 Å². The molecule has 2 heteroatoms. The van der Waals surface area contributed by atoms with E-state index < -0.39 is 0 Å². The first-order valence-corrected chi connectivity index (χ1v) is 4.93. The maximum atomic E-state index is 5.61. The average Bonchev–Trinajstić information content (AvgIpc) is 2.28. The minimum absolute atomic E-state index is 0.268. The van der Waals surface area contributed by atoms with Crippen LogP contribution in [0.2, 0.25) is 0 Å². The molecule has 1 aromatic carbocycles. The molecule has 2 atom stereocenters. The predicted octanol–water partition coefficient (Wildman–Crippen LogP) is 2.16. The van der Waals surface area contributed by atoms with Gasteiger partial charge in [-0.05, 0) is 26.5 Å². The van der Waals surface area contributed by atoms with Crippen LogP contribution in [-0.2, 0) is 10.3 Å².